The number of rotatable bonds is 4. The molecule has 2 aromatic heterocycles. The summed E-state index contributed by atoms with van der Waals surface area (Å²) in [5.74, 6) is 1.16. The summed E-state index contributed by atoms with van der Waals surface area (Å²) in [7, 11) is 0. The molecule has 0 unspecified atom stereocenters. The van der Waals surface area contributed by atoms with Gasteiger partial charge in [0, 0.05) is 19.6 Å². The molecule has 0 radical (unpaired) electrons. The number of nitrogens with zero attached hydrogens (tertiary/aromatic N) is 6. The topological polar surface area (TPSA) is 69.0 Å². The summed E-state index contributed by atoms with van der Waals surface area (Å²) in [6.07, 6.45) is 6.94. The van der Waals surface area contributed by atoms with Crippen LogP contribution in [0, 0.1) is 0 Å². The van der Waals surface area contributed by atoms with Crippen LogP contribution in [-0.2, 0) is 6.54 Å². The second-order valence-corrected chi connectivity index (χ2v) is 5.21. The summed E-state index contributed by atoms with van der Waals surface area (Å²) in [6, 6.07) is 0.200. The van der Waals surface area contributed by atoms with E-state index in [1.807, 2.05) is 6.92 Å². The molecule has 0 aromatic carbocycles. The molecule has 1 fully saturated rings. The van der Waals surface area contributed by atoms with E-state index in [1.165, 1.54) is 6.42 Å². The Morgan fingerprint density at radius 1 is 1.19 bits per heavy atom. The van der Waals surface area contributed by atoms with Gasteiger partial charge in [0.1, 0.15) is 0 Å². The number of hydrogen-bond donors (Lipinski definition) is 0. The fourth-order valence-corrected chi connectivity index (χ4v) is 2.43. The molecule has 1 saturated heterocycles. The molecular formula is C13H17ClN6O. The average molecular weight is 309 g/mol. The highest BCUT2D eigenvalue weighted by Gasteiger charge is 2.16. The molecule has 0 N–H and O–H groups in total. The minimum Gasteiger partial charge on any atom is -0.421 e. The van der Waals surface area contributed by atoms with Crippen LogP contribution < -0.4 is 9.64 Å². The lowest BCUT2D eigenvalue weighted by molar-refractivity contribution is 0.436. The van der Waals surface area contributed by atoms with Gasteiger partial charge in [-0.25, -0.2) is 0 Å². The minimum absolute atomic E-state index is 0.142. The van der Waals surface area contributed by atoms with Gasteiger partial charge in [-0.05, 0) is 37.8 Å². The van der Waals surface area contributed by atoms with E-state index >= 15 is 0 Å². The van der Waals surface area contributed by atoms with Crippen LogP contribution in [-0.4, -0.2) is 37.8 Å². The Kier molecular flexibility index (Phi) is 4.19. The van der Waals surface area contributed by atoms with E-state index in [0.29, 0.717) is 11.7 Å². The zero-order chi connectivity index (χ0) is 14.7. The third-order valence-electron chi connectivity index (χ3n) is 3.36. The first-order chi connectivity index (χ1) is 10.2. The van der Waals surface area contributed by atoms with Gasteiger partial charge >= 0.3 is 6.01 Å². The molecule has 0 amide bonds. The van der Waals surface area contributed by atoms with Crippen molar-refractivity contribution in [3.8, 4) is 11.8 Å². The van der Waals surface area contributed by atoms with Gasteiger partial charge in [0.05, 0.1) is 12.4 Å². The van der Waals surface area contributed by atoms with E-state index in [4.69, 9.17) is 16.3 Å². The van der Waals surface area contributed by atoms with Gasteiger partial charge in [-0.15, -0.1) is 0 Å². The summed E-state index contributed by atoms with van der Waals surface area (Å²) < 4.78 is 7.38. The monoisotopic (exact) mass is 308 g/mol. The molecule has 0 saturated carbocycles. The lowest BCUT2D eigenvalue weighted by Gasteiger charge is -2.26. The molecule has 1 aliphatic heterocycles. The van der Waals surface area contributed by atoms with E-state index < -0.39 is 0 Å². The van der Waals surface area contributed by atoms with Gasteiger partial charge in [-0.2, -0.15) is 20.1 Å². The standard InChI is InChI=1S/C13H17ClN6O/c1-2-20-9-10(8-15-20)21-13-17-11(14)16-12(18-13)19-6-4-3-5-7-19/h8-9H,2-7H2,1H3. The number of piperidine rings is 1. The quantitative estimate of drug-likeness (QED) is 0.864. The average Bonchev–Trinajstić information content (AvgIpc) is 2.95. The van der Waals surface area contributed by atoms with E-state index in [-0.39, 0.29) is 11.3 Å². The third-order valence-corrected chi connectivity index (χ3v) is 3.53. The Hall–Kier alpha value is -1.89. The van der Waals surface area contributed by atoms with E-state index in [1.54, 1.807) is 17.1 Å². The van der Waals surface area contributed by atoms with Gasteiger partial charge in [-0.3, -0.25) is 4.68 Å². The van der Waals surface area contributed by atoms with Crippen molar-refractivity contribution in [2.24, 2.45) is 0 Å². The van der Waals surface area contributed by atoms with Crippen LogP contribution >= 0.6 is 11.6 Å². The number of aromatic nitrogens is 5. The van der Waals surface area contributed by atoms with Crippen LogP contribution in [0.2, 0.25) is 5.28 Å². The summed E-state index contributed by atoms with van der Waals surface area (Å²) in [6.45, 7) is 4.66. The highest BCUT2D eigenvalue weighted by atomic mass is 35.5. The second kappa shape index (κ2) is 6.26. The smallest absolute Gasteiger partial charge is 0.328 e. The number of anilines is 1. The van der Waals surface area contributed by atoms with Crippen molar-refractivity contribution >= 4 is 17.5 Å². The normalized spacial score (nSPS) is 15.2. The van der Waals surface area contributed by atoms with E-state index in [2.05, 4.69) is 25.0 Å². The van der Waals surface area contributed by atoms with Gasteiger partial charge in [0.15, 0.2) is 5.75 Å². The highest BCUT2D eigenvalue weighted by Crippen LogP contribution is 2.22. The van der Waals surface area contributed by atoms with Gasteiger partial charge < -0.3 is 9.64 Å². The number of aryl methyl sites for hydroxylation is 1. The maximum atomic E-state index is 5.98. The summed E-state index contributed by atoms with van der Waals surface area (Å²) in [4.78, 5) is 14.7. The Morgan fingerprint density at radius 2 is 2.00 bits per heavy atom. The van der Waals surface area contributed by atoms with Crippen LogP contribution in [0.15, 0.2) is 12.4 Å². The van der Waals surface area contributed by atoms with Gasteiger partial charge in [0.2, 0.25) is 11.2 Å². The van der Waals surface area contributed by atoms with Gasteiger partial charge in [-0.1, -0.05) is 0 Å². The summed E-state index contributed by atoms with van der Waals surface area (Å²) >= 11 is 5.98. The Morgan fingerprint density at radius 3 is 2.71 bits per heavy atom. The predicted molar refractivity (Wildman–Crippen MR) is 78.9 cm³/mol. The molecular weight excluding hydrogens is 292 g/mol. The fourth-order valence-electron chi connectivity index (χ4n) is 2.28. The Labute approximate surface area is 127 Å². The maximum absolute atomic E-state index is 5.98. The number of halogens is 1. The minimum atomic E-state index is 0.142. The first-order valence-corrected chi connectivity index (χ1v) is 7.49. The summed E-state index contributed by atoms with van der Waals surface area (Å²) in [5.41, 5.74) is 0. The Bertz CT molecular complexity index is 610. The van der Waals surface area contributed by atoms with Crippen molar-refractivity contribution in [3.63, 3.8) is 0 Å². The van der Waals surface area contributed by atoms with Crippen LogP contribution in [0.4, 0.5) is 5.95 Å². The van der Waals surface area contributed by atoms with Crippen molar-refractivity contribution in [3.05, 3.63) is 17.7 Å². The first kappa shape index (κ1) is 14.1. The molecule has 8 heteroatoms. The third kappa shape index (κ3) is 3.41. The van der Waals surface area contributed by atoms with E-state index in [9.17, 15) is 0 Å². The SMILES string of the molecule is CCn1cc(Oc2nc(Cl)nc(N3CCCCC3)n2)cn1. The number of hydrogen-bond acceptors (Lipinski definition) is 6. The molecule has 0 aliphatic carbocycles. The van der Waals surface area contributed by atoms with Crippen molar-refractivity contribution in [1.82, 2.24) is 24.7 Å². The Balaban J connectivity index is 1.79. The zero-order valence-corrected chi connectivity index (χ0v) is 12.6. The highest BCUT2D eigenvalue weighted by molar-refractivity contribution is 6.28. The van der Waals surface area contributed by atoms with Crippen molar-refractivity contribution in [2.75, 3.05) is 18.0 Å². The predicted octanol–water partition coefficient (Wildman–Crippen LogP) is 2.52. The maximum Gasteiger partial charge on any atom is 0.328 e. The fraction of sp³-hybridized carbons (Fsp3) is 0.538. The molecule has 0 bridgehead atoms. The van der Waals surface area contributed by atoms with Crippen LogP contribution in [0.25, 0.3) is 0 Å². The molecule has 3 rings (SSSR count). The molecule has 112 valence electrons. The van der Waals surface area contributed by atoms with Crippen molar-refractivity contribution in [1.29, 1.82) is 0 Å². The molecule has 7 nitrogen and oxygen atoms in total. The van der Waals surface area contributed by atoms with E-state index in [0.717, 1.165) is 32.5 Å². The largest absolute Gasteiger partial charge is 0.421 e. The van der Waals surface area contributed by atoms with Crippen molar-refractivity contribution < 1.29 is 4.74 Å². The lowest BCUT2D eigenvalue weighted by atomic mass is 10.1. The van der Waals surface area contributed by atoms with Crippen LogP contribution in [0.3, 0.4) is 0 Å². The zero-order valence-electron chi connectivity index (χ0n) is 11.9. The molecule has 1 aliphatic rings. The van der Waals surface area contributed by atoms with Crippen LogP contribution in [0.5, 0.6) is 11.8 Å². The molecule has 21 heavy (non-hydrogen) atoms. The summed E-state index contributed by atoms with van der Waals surface area (Å²) in [5, 5.41) is 4.28. The second-order valence-electron chi connectivity index (χ2n) is 4.87. The van der Waals surface area contributed by atoms with Crippen molar-refractivity contribution in [2.45, 2.75) is 32.7 Å². The molecule has 3 heterocycles. The van der Waals surface area contributed by atoms with Gasteiger partial charge in [0.25, 0.3) is 0 Å². The molecule has 2 aromatic rings. The molecule has 0 atom stereocenters. The first-order valence-electron chi connectivity index (χ1n) is 7.11. The number of ether oxygens (including phenoxy) is 1. The lowest BCUT2D eigenvalue weighted by Crippen LogP contribution is -2.31. The molecule has 0 spiro atoms. The van der Waals surface area contributed by atoms with Crippen LogP contribution in [0.1, 0.15) is 26.2 Å².